The minimum Gasteiger partial charge on any atom is -0.378 e. The summed E-state index contributed by atoms with van der Waals surface area (Å²) in [5.41, 5.74) is 12.2. The number of hydrogen-bond acceptors (Lipinski definition) is 2. The van der Waals surface area contributed by atoms with E-state index in [9.17, 15) is 0 Å². The lowest BCUT2D eigenvalue weighted by Crippen LogP contribution is -2.10. The molecule has 0 fully saturated rings. The first kappa shape index (κ1) is 17.6. The van der Waals surface area contributed by atoms with E-state index < -0.39 is 0 Å². The van der Waals surface area contributed by atoms with Gasteiger partial charge in [0, 0.05) is 5.75 Å². The van der Waals surface area contributed by atoms with Crippen LogP contribution in [-0.2, 0) is 11.2 Å². The van der Waals surface area contributed by atoms with Crippen LogP contribution in [0.2, 0.25) is 0 Å². The summed E-state index contributed by atoms with van der Waals surface area (Å²) in [6, 6.07) is 14.9. The van der Waals surface area contributed by atoms with Crippen LogP contribution in [0.3, 0.4) is 0 Å². The first-order valence-electron chi connectivity index (χ1n) is 7.90. The van der Waals surface area contributed by atoms with Crippen LogP contribution in [0.1, 0.15) is 43.0 Å². The highest BCUT2D eigenvalue weighted by atomic mass is 32.2. The van der Waals surface area contributed by atoms with Gasteiger partial charge in [-0.15, -0.1) is 0 Å². The molecule has 2 aromatic rings. The fourth-order valence-corrected chi connectivity index (χ4v) is 3.05. The van der Waals surface area contributed by atoms with E-state index in [1.807, 2.05) is 6.07 Å². The molecule has 0 saturated carbocycles. The van der Waals surface area contributed by atoms with Crippen molar-refractivity contribution in [1.82, 2.24) is 0 Å². The van der Waals surface area contributed by atoms with Gasteiger partial charge in [0.25, 0.3) is 0 Å². The monoisotopic (exact) mass is 326 g/mol. The highest BCUT2D eigenvalue weighted by molar-refractivity contribution is 8.13. The van der Waals surface area contributed by atoms with Crippen molar-refractivity contribution >= 4 is 22.6 Å². The molecule has 0 spiro atoms. The Bertz CT molecular complexity index is 674. The highest BCUT2D eigenvalue weighted by Gasteiger charge is 2.12. The van der Waals surface area contributed by atoms with Crippen LogP contribution in [0.25, 0.3) is 0 Å². The van der Waals surface area contributed by atoms with Gasteiger partial charge < -0.3 is 5.73 Å². The molecule has 0 aliphatic heterocycles. The number of rotatable bonds is 3. The van der Waals surface area contributed by atoms with Crippen LogP contribution >= 0.6 is 11.8 Å². The van der Waals surface area contributed by atoms with Crippen molar-refractivity contribution in [3.63, 3.8) is 0 Å². The average molecular weight is 327 g/mol. The van der Waals surface area contributed by atoms with Gasteiger partial charge in [-0.05, 0) is 41.5 Å². The Kier molecular flexibility index (Phi) is 5.53. The van der Waals surface area contributed by atoms with E-state index in [2.05, 4.69) is 76.0 Å². The summed E-state index contributed by atoms with van der Waals surface area (Å²) in [5.74, 6) is 0.838. The molecule has 23 heavy (non-hydrogen) atoms. The number of nitrogens with two attached hydrogens (primary N) is 1. The second-order valence-electron chi connectivity index (χ2n) is 6.93. The molecule has 3 heteroatoms. The van der Waals surface area contributed by atoms with Crippen LogP contribution < -0.4 is 5.73 Å². The minimum atomic E-state index is 0.189. The van der Waals surface area contributed by atoms with Crippen molar-refractivity contribution in [2.75, 3.05) is 0 Å². The molecule has 2 rings (SSSR count). The first-order chi connectivity index (χ1) is 10.8. The van der Waals surface area contributed by atoms with Crippen LogP contribution in [-0.4, -0.2) is 5.17 Å². The zero-order valence-corrected chi connectivity index (χ0v) is 15.5. The van der Waals surface area contributed by atoms with E-state index in [-0.39, 0.29) is 5.41 Å². The smallest absolute Gasteiger partial charge is 0.159 e. The van der Waals surface area contributed by atoms with Gasteiger partial charge in [-0.3, -0.25) is 0 Å². The number of hydrogen-bond donors (Lipinski definition) is 1. The van der Waals surface area contributed by atoms with Crippen LogP contribution in [0, 0.1) is 13.8 Å². The van der Waals surface area contributed by atoms with Gasteiger partial charge in [0.2, 0.25) is 0 Å². The Morgan fingerprint density at radius 2 is 1.57 bits per heavy atom. The summed E-state index contributed by atoms with van der Waals surface area (Å²) in [6.07, 6.45) is 0. The Labute approximate surface area is 144 Å². The molecule has 0 aliphatic rings. The third-order valence-corrected chi connectivity index (χ3v) is 4.73. The van der Waals surface area contributed by atoms with Gasteiger partial charge >= 0.3 is 0 Å². The lowest BCUT2D eigenvalue weighted by Gasteiger charge is -2.19. The van der Waals surface area contributed by atoms with E-state index in [0.717, 1.165) is 22.6 Å². The number of nitrogens with zero attached hydrogens (tertiary/aromatic N) is 1. The molecule has 2 aromatic carbocycles. The first-order valence-corrected chi connectivity index (χ1v) is 8.88. The van der Waals surface area contributed by atoms with Crippen molar-refractivity contribution in [2.24, 2.45) is 10.7 Å². The molecule has 0 aliphatic carbocycles. The summed E-state index contributed by atoms with van der Waals surface area (Å²) in [5, 5.41) is 0.613. The molecule has 0 aromatic heterocycles. The summed E-state index contributed by atoms with van der Waals surface area (Å²) in [7, 11) is 0. The minimum absolute atomic E-state index is 0.189. The predicted molar refractivity (Wildman–Crippen MR) is 104 cm³/mol. The Morgan fingerprint density at radius 3 is 2.09 bits per heavy atom. The van der Waals surface area contributed by atoms with Crippen LogP contribution in [0.4, 0.5) is 5.69 Å². The van der Waals surface area contributed by atoms with Crippen LogP contribution in [0.5, 0.6) is 0 Å². The molecule has 0 radical (unpaired) electrons. The maximum atomic E-state index is 6.10. The van der Waals surface area contributed by atoms with E-state index in [4.69, 9.17) is 5.73 Å². The van der Waals surface area contributed by atoms with E-state index >= 15 is 0 Å². The molecule has 0 heterocycles. The van der Waals surface area contributed by atoms with Crippen molar-refractivity contribution < 1.29 is 0 Å². The molecule has 0 bridgehead atoms. The second kappa shape index (κ2) is 7.22. The molecule has 2 N–H and O–H groups in total. The lowest BCUT2D eigenvalue weighted by molar-refractivity contribution is 0.590. The van der Waals surface area contributed by atoms with Crippen molar-refractivity contribution in [2.45, 2.75) is 45.8 Å². The zero-order chi connectivity index (χ0) is 17.0. The largest absolute Gasteiger partial charge is 0.378 e. The van der Waals surface area contributed by atoms with E-state index in [0.29, 0.717) is 5.17 Å². The highest BCUT2D eigenvalue weighted by Crippen LogP contribution is 2.26. The summed E-state index contributed by atoms with van der Waals surface area (Å²) in [4.78, 5) is 4.59. The average Bonchev–Trinajstić information content (AvgIpc) is 2.48. The standard InChI is InChI=1S/C20H26N2S/c1-14-7-6-8-15(2)18(14)22-19(21)23-13-16-9-11-17(12-10-16)20(3,4)5/h6-12H,13H2,1-5H3,(H2,21,22). The second-order valence-corrected chi connectivity index (χ2v) is 7.92. The Hall–Kier alpha value is -1.74. The maximum absolute atomic E-state index is 6.10. The normalized spacial score (nSPS) is 12.5. The molecule has 2 nitrogen and oxygen atoms in total. The van der Waals surface area contributed by atoms with Gasteiger partial charge in [-0.2, -0.15) is 0 Å². The summed E-state index contributed by atoms with van der Waals surface area (Å²) < 4.78 is 0. The number of amidine groups is 1. The molecule has 0 atom stereocenters. The van der Waals surface area contributed by atoms with Gasteiger partial charge in [0.1, 0.15) is 0 Å². The van der Waals surface area contributed by atoms with E-state index in [1.165, 1.54) is 11.1 Å². The van der Waals surface area contributed by atoms with Gasteiger partial charge in [-0.25, -0.2) is 4.99 Å². The number of thioether (sulfide) groups is 1. The maximum Gasteiger partial charge on any atom is 0.159 e. The number of para-hydroxylation sites is 1. The molecule has 0 unspecified atom stereocenters. The predicted octanol–water partition coefficient (Wildman–Crippen LogP) is 5.48. The van der Waals surface area contributed by atoms with Crippen LogP contribution in [0.15, 0.2) is 47.5 Å². The van der Waals surface area contributed by atoms with Gasteiger partial charge in [-0.1, -0.05) is 75.0 Å². The molecule has 122 valence electrons. The zero-order valence-electron chi connectivity index (χ0n) is 14.7. The molecular weight excluding hydrogens is 300 g/mol. The number of benzene rings is 2. The third kappa shape index (κ3) is 4.87. The molecule has 0 amide bonds. The summed E-state index contributed by atoms with van der Waals surface area (Å²) in [6.45, 7) is 10.8. The van der Waals surface area contributed by atoms with E-state index in [1.54, 1.807) is 11.8 Å². The lowest BCUT2D eigenvalue weighted by atomic mass is 9.87. The van der Waals surface area contributed by atoms with Crippen molar-refractivity contribution in [1.29, 1.82) is 0 Å². The fraction of sp³-hybridized carbons (Fsp3) is 0.350. The topological polar surface area (TPSA) is 38.4 Å². The molecular formula is C20H26N2S. The number of aliphatic imine (C=N–C) groups is 1. The number of aryl methyl sites for hydroxylation is 2. The Balaban J connectivity index is 2.04. The molecule has 0 saturated heterocycles. The van der Waals surface area contributed by atoms with Gasteiger partial charge in [0.15, 0.2) is 5.17 Å². The summed E-state index contributed by atoms with van der Waals surface area (Å²) >= 11 is 1.58. The fourth-order valence-electron chi connectivity index (χ4n) is 2.38. The van der Waals surface area contributed by atoms with Crippen molar-refractivity contribution in [3.8, 4) is 0 Å². The third-order valence-electron chi connectivity index (χ3n) is 3.87. The van der Waals surface area contributed by atoms with Crippen molar-refractivity contribution in [3.05, 3.63) is 64.7 Å². The van der Waals surface area contributed by atoms with Gasteiger partial charge in [0.05, 0.1) is 5.69 Å². The Morgan fingerprint density at radius 1 is 1.00 bits per heavy atom. The SMILES string of the molecule is Cc1cccc(C)c1N=C(N)SCc1ccc(C(C)(C)C)cc1. The quantitative estimate of drug-likeness (QED) is 0.599.